The van der Waals surface area contributed by atoms with Crippen LogP contribution >= 0.6 is 0 Å². The van der Waals surface area contributed by atoms with Gasteiger partial charge in [0.1, 0.15) is 78.8 Å². The van der Waals surface area contributed by atoms with Crippen molar-refractivity contribution in [2.45, 2.75) is 211 Å². The second kappa shape index (κ2) is 18.1. The van der Waals surface area contributed by atoms with Crippen molar-refractivity contribution in [2.75, 3.05) is 13.2 Å². The molecule has 0 aromatic heterocycles. The molecule has 0 spiro atoms. The zero-order chi connectivity index (χ0) is 49.1. The number of carboxylic acid groups (broad SMARTS) is 1. The van der Waals surface area contributed by atoms with E-state index in [9.17, 15) is 65.8 Å². The number of hydrogen-bond donors (Lipinski definition) is 11. The Bertz CT molecular complexity index is 1870. The fourth-order valence-electron chi connectivity index (χ4n) is 15.0. The van der Waals surface area contributed by atoms with E-state index in [0.717, 1.165) is 11.9 Å². The van der Waals surface area contributed by atoms with E-state index in [1.807, 2.05) is 6.92 Å². The summed E-state index contributed by atoms with van der Waals surface area (Å²) in [5.41, 5.74) is -2.81. The van der Waals surface area contributed by atoms with Gasteiger partial charge in [-0.2, -0.15) is 0 Å². The molecule has 8 aliphatic rings. The molecule has 25 atom stereocenters. The quantitative estimate of drug-likeness (QED) is 0.0773. The second-order valence-corrected chi connectivity index (χ2v) is 23.2. The molecule has 0 amide bonds. The number of carboxylic acids is 1. The molecule has 3 saturated heterocycles. The number of aliphatic hydroxyl groups excluding tert-OH is 10. The number of aldehydes is 1. The lowest BCUT2D eigenvalue weighted by Gasteiger charge is -2.71. The Morgan fingerprint density at radius 1 is 0.687 bits per heavy atom. The minimum absolute atomic E-state index is 0.0203. The average Bonchev–Trinajstić information content (AvgIpc) is 3.27. The van der Waals surface area contributed by atoms with Crippen molar-refractivity contribution in [3.8, 4) is 0 Å². The van der Waals surface area contributed by atoms with E-state index < -0.39 is 145 Å². The highest BCUT2D eigenvalue weighted by molar-refractivity contribution is 5.77. The van der Waals surface area contributed by atoms with Crippen molar-refractivity contribution in [2.24, 2.45) is 50.2 Å². The maximum Gasteiger partial charge on any atom is 0.312 e. The standard InChI is InChI=1S/C48H76O19/c1-21-30(53)33(56)35(58)39(62-21)66-37-32(55)25(19-50)64-41(38(37)67-40-36(59)34(57)31(54)24(18-49)63-40)65-29-11-12-44(4)26(45(29,5)20-51)10-13-46(6)27(44)9-8-22-23-16-43(2,3)14-15-48(23,42(60)61)28(52)17-47(22,46)7/h8,20-21,23-41,49-50,52-59H,9-19H2,1-7H3,(H,60,61)/t21-,23-,24+,25+,26+,27+,28+,29-,30-,31-,32+,33+,34-,35+,36+,37-,38+,39-,40-,41-,44-,45-,46+,47+,48+/m0/s1. The molecule has 19 heteroatoms. The van der Waals surface area contributed by atoms with E-state index in [4.69, 9.17) is 28.4 Å². The monoisotopic (exact) mass is 956 g/mol. The smallest absolute Gasteiger partial charge is 0.312 e. The molecule has 0 bridgehead atoms. The van der Waals surface area contributed by atoms with Crippen LogP contribution in [0.4, 0.5) is 0 Å². The van der Waals surface area contributed by atoms with Gasteiger partial charge in [0.05, 0.1) is 36.9 Å². The first-order valence-corrected chi connectivity index (χ1v) is 24.3. The van der Waals surface area contributed by atoms with Gasteiger partial charge in [0.15, 0.2) is 18.9 Å². The first-order chi connectivity index (χ1) is 31.3. The van der Waals surface area contributed by atoms with E-state index in [1.165, 1.54) is 6.92 Å². The van der Waals surface area contributed by atoms with Crippen molar-refractivity contribution in [3.63, 3.8) is 0 Å². The number of allylic oxidation sites excluding steroid dienone is 2. The number of rotatable bonds is 10. The van der Waals surface area contributed by atoms with E-state index in [1.54, 1.807) is 0 Å². The van der Waals surface area contributed by atoms with Gasteiger partial charge in [0, 0.05) is 0 Å². The third-order valence-electron chi connectivity index (χ3n) is 19.3. The minimum atomic E-state index is -1.94. The molecule has 0 unspecified atom stereocenters. The predicted molar refractivity (Wildman–Crippen MR) is 231 cm³/mol. The largest absolute Gasteiger partial charge is 0.481 e. The molecular formula is C48H76O19. The van der Waals surface area contributed by atoms with Gasteiger partial charge >= 0.3 is 5.97 Å². The van der Waals surface area contributed by atoms with Crippen LogP contribution in [-0.2, 0) is 38.0 Å². The molecule has 3 heterocycles. The minimum Gasteiger partial charge on any atom is -0.481 e. The van der Waals surface area contributed by atoms with Crippen LogP contribution in [0.5, 0.6) is 0 Å². The third kappa shape index (κ3) is 7.83. The average molecular weight is 957 g/mol. The lowest BCUT2D eigenvalue weighted by Crippen LogP contribution is -2.69. The van der Waals surface area contributed by atoms with Gasteiger partial charge < -0.3 is 89.4 Å². The summed E-state index contributed by atoms with van der Waals surface area (Å²) in [6, 6.07) is 0. The van der Waals surface area contributed by atoms with Crippen molar-refractivity contribution in [1.82, 2.24) is 0 Å². The highest BCUT2D eigenvalue weighted by atomic mass is 16.8. The molecule has 0 aromatic carbocycles. The molecule has 3 aliphatic heterocycles. The molecule has 0 radical (unpaired) electrons. The maximum atomic E-state index is 13.8. The van der Waals surface area contributed by atoms with Crippen LogP contribution in [0, 0.1) is 50.2 Å². The van der Waals surface area contributed by atoms with Crippen LogP contribution in [0.25, 0.3) is 0 Å². The summed E-state index contributed by atoms with van der Waals surface area (Å²) in [6.07, 6.45) is -18.8. The Morgan fingerprint density at radius 3 is 1.91 bits per heavy atom. The Kier molecular flexibility index (Phi) is 13.9. The van der Waals surface area contributed by atoms with Crippen molar-refractivity contribution in [1.29, 1.82) is 0 Å². The van der Waals surface area contributed by atoms with Crippen molar-refractivity contribution < 1.29 is 94.2 Å². The summed E-state index contributed by atoms with van der Waals surface area (Å²) in [7, 11) is 0. The molecular weight excluding hydrogens is 881 g/mol. The van der Waals surface area contributed by atoms with E-state index in [0.29, 0.717) is 57.8 Å². The van der Waals surface area contributed by atoms with Crippen LogP contribution < -0.4 is 0 Å². The Morgan fingerprint density at radius 2 is 1.28 bits per heavy atom. The highest BCUT2D eigenvalue weighted by Gasteiger charge is 2.72. The maximum absolute atomic E-state index is 13.8. The Labute approximate surface area is 391 Å². The van der Waals surface area contributed by atoms with Gasteiger partial charge in [0.2, 0.25) is 0 Å². The van der Waals surface area contributed by atoms with Crippen LogP contribution in [0.15, 0.2) is 11.6 Å². The van der Waals surface area contributed by atoms with Crippen LogP contribution in [-0.4, -0.2) is 186 Å². The zero-order valence-corrected chi connectivity index (χ0v) is 39.7. The number of hydrogen-bond acceptors (Lipinski definition) is 18. The fraction of sp³-hybridized carbons (Fsp3) is 0.917. The number of aliphatic hydroxyl groups is 10. The first-order valence-electron chi connectivity index (χ1n) is 24.3. The summed E-state index contributed by atoms with van der Waals surface area (Å²) in [4.78, 5) is 27.1. The van der Waals surface area contributed by atoms with Gasteiger partial charge in [-0.15, -0.1) is 0 Å². The lowest BCUT2D eigenvalue weighted by atomic mass is 9.33. The second-order valence-electron chi connectivity index (χ2n) is 23.2. The number of ether oxygens (including phenoxy) is 6. The number of fused-ring (bicyclic) bond motifs is 7. The van der Waals surface area contributed by atoms with E-state index >= 15 is 0 Å². The van der Waals surface area contributed by atoms with E-state index in [-0.39, 0.29) is 28.6 Å². The summed E-state index contributed by atoms with van der Waals surface area (Å²) in [5.74, 6) is -1.52. The summed E-state index contributed by atoms with van der Waals surface area (Å²) >= 11 is 0. The van der Waals surface area contributed by atoms with Crippen LogP contribution in [0.1, 0.15) is 106 Å². The normalized spacial score (nSPS) is 55.2. The molecule has 4 saturated carbocycles. The zero-order valence-electron chi connectivity index (χ0n) is 39.7. The Balaban J connectivity index is 1.12. The van der Waals surface area contributed by atoms with Crippen LogP contribution in [0.3, 0.4) is 0 Å². The number of carbonyl (C=O) groups excluding carboxylic acids is 1. The summed E-state index contributed by atoms with van der Waals surface area (Å²) in [5, 5.41) is 119. The molecule has 67 heavy (non-hydrogen) atoms. The molecule has 19 nitrogen and oxygen atoms in total. The molecule has 7 fully saturated rings. The fourth-order valence-corrected chi connectivity index (χ4v) is 15.0. The number of carbonyl (C=O) groups is 2. The van der Waals surface area contributed by atoms with Gasteiger partial charge in [-0.05, 0) is 104 Å². The van der Waals surface area contributed by atoms with Crippen molar-refractivity contribution >= 4 is 12.3 Å². The van der Waals surface area contributed by atoms with Gasteiger partial charge in [-0.25, -0.2) is 0 Å². The van der Waals surface area contributed by atoms with Gasteiger partial charge in [-0.1, -0.05) is 53.2 Å². The molecule has 8 rings (SSSR count). The van der Waals surface area contributed by atoms with E-state index in [2.05, 4.69) is 40.7 Å². The topological polar surface area (TPSA) is 312 Å². The van der Waals surface area contributed by atoms with Gasteiger partial charge in [-0.3, -0.25) is 4.79 Å². The molecule has 382 valence electrons. The SMILES string of the molecule is C[C@@H]1O[C@@H](O[C@H]2[C@H](O)[C@@H](CO)O[C@@H](O[C@H]3CC[C@]4(C)[C@H]5CC=C6[C@@H]7CC(C)(C)CC[C@]7(C(=O)O)[C@H](O)C[C@@]6(C)[C@]5(C)CC[C@H]4[C@]3(C)C=O)[C@@H]2O[C@@H]2O[C@H](CO)[C@H](O)[C@H](O)[C@H]2O)[C@H](O)[C@H](O)[C@H]1O. The third-order valence-corrected chi connectivity index (χ3v) is 19.3. The van der Waals surface area contributed by atoms with Gasteiger partial charge in [0.25, 0.3) is 0 Å². The van der Waals surface area contributed by atoms with Crippen molar-refractivity contribution in [3.05, 3.63) is 11.6 Å². The molecule has 11 N–H and O–H groups in total. The lowest BCUT2D eigenvalue weighted by molar-refractivity contribution is -0.398. The number of aliphatic carboxylic acids is 1. The predicted octanol–water partition coefficient (Wildman–Crippen LogP) is -0.116. The first kappa shape index (κ1) is 51.6. The highest BCUT2D eigenvalue weighted by Crippen LogP contribution is 2.76. The summed E-state index contributed by atoms with van der Waals surface area (Å²) in [6.45, 7) is 12.7. The Hall–Kier alpha value is -1.76. The van der Waals surface area contributed by atoms with Crippen LogP contribution in [0.2, 0.25) is 0 Å². The summed E-state index contributed by atoms with van der Waals surface area (Å²) < 4.78 is 36.8. The molecule has 0 aromatic rings. The molecule has 5 aliphatic carbocycles.